The number of carbonyl (C=O) groups is 3. The number of aliphatic carboxylic acids is 3. The fourth-order valence-electron chi connectivity index (χ4n) is 0.714. The van der Waals surface area contributed by atoms with Gasteiger partial charge in [0.15, 0.2) is 5.60 Å². The molecular weight excluding hydrogens is 207 g/mol. The predicted molar refractivity (Wildman–Crippen MR) is 45.6 cm³/mol. The van der Waals surface area contributed by atoms with Crippen LogP contribution in [0.15, 0.2) is 0 Å². The first-order valence-electron chi connectivity index (χ1n) is 3.17. The van der Waals surface area contributed by atoms with Crippen molar-refractivity contribution in [2.45, 2.75) is 18.4 Å². The maximum atomic E-state index is 10.3. The van der Waals surface area contributed by atoms with Crippen molar-refractivity contribution in [3.8, 4) is 0 Å². The molecule has 5 radical (unpaired) electrons. The first-order valence-corrected chi connectivity index (χ1v) is 3.17. The molecule has 0 atom stereocenters. The first-order chi connectivity index (χ1) is 5.78. The molecule has 0 aliphatic rings. The number of hydrogen-bond acceptors (Lipinski definition) is 4. The standard InChI is InChI=1S/C6H8O7.Na.2H/c7-3(8)1-6(13,5(11)12)2-4(9)10;;;/h13H,1-2H2,(H,7,8)(H,9,10)(H,11,12);;;. The van der Waals surface area contributed by atoms with Crippen molar-refractivity contribution in [2.75, 3.05) is 0 Å². The molecule has 0 saturated carbocycles. The van der Waals surface area contributed by atoms with E-state index in [0.29, 0.717) is 0 Å². The van der Waals surface area contributed by atoms with E-state index in [2.05, 4.69) is 0 Å². The van der Waals surface area contributed by atoms with Crippen LogP contribution in [-0.4, -0.2) is 73.5 Å². The van der Waals surface area contributed by atoms with E-state index in [-0.39, 0.29) is 29.6 Å². The van der Waals surface area contributed by atoms with E-state index in [1.165, 1.54) is 0 Å². The molecule has 0 heterocycles. The van der Waals surface area contributed by atoms with Gasteiger partial charge in [0.25, 0.3) is 0 Å². The summed E-state index contributed by atoms with van der Waals surface area (Å²) in [5, 5.41) is 33.8. The Morgan fingerprint density at radius 3 is 1.36 bits per heavy atom. The Balaban J connectivity index is 0. The molecule has 8 heteroatoms. The van der Waals surface area contributed by atoms with Gasteiger partial charge < -0.3 is 20.4 Å². The molecule has 0 bridgehead atoms. The Morgan fingerprint density at radius 1 is 0.929 bits per heavy atom. The number of rotatable bonds is 5. The SMILES string of the molecule is O=C(O)CC(O)(CC(=O)O)C(=O)O.[NaH2]. The number of aliphatic hydroxyl groups is 1. The topological polar surface area (TPSA) is 132 Å². The van der Waals surface area contributed by atoms with Gasteiger partial charge in [-0.05, 0) is 0 Å². The van der Waals surface area contributed by atoms with Crippen molar-refractivity contribution in [3.63, 3.8) is 0 Å². The molecule has 4 N–H and O–H groups in total. The van der Waals surface area contributed by atoms with Crippen molar-refractivity contribution in [1.82, 2.24) is 0 Å². The predicted octanol–water partition coefficient (Wildman–Crippen LogP) is -2.16. The molecule has 14 heavy (non-hydrogen) atoms. The van der Waals surface area contributed by atoms with E-state index < -0.39 is 36.4 Å². The molecule has 77 valence electrons. The van der Waals surface area contributed by atoms with E-state index in [0.717, 1.165) is 0 Å². The molecule has 0 aromatic carbocycles. The van der Waals surface area contributed by atoms with E-state index in [1.807, 2.05) is 0 Å². The zero-order valence-electron chi connectivity index (χ0n) is 6.43. The second-order valence-corrected chi connectivity index (χ2v) is 2.48. The van der Waals surface area contributed by atoms with Gasteiger partial charge in [-0.3, -0.25) is 9.59 Å². The quantitative estimate of drug-likeness (QED) is 0.385. The Kier molecular flexibility index (Phi) is 6.75. The number of hydrogen-bond donors (Lipinski definition) is 4. The molecule has 0 unspecified atom stereocenters. The summed E-state index contributed by atoms with van der Waals surface area (Å²) in [6.07, 6.45) is -2.29. The summed E-state index contributed by atoms with van der Waals surface area (Å²) in [6, 6.07) is 0. The molecule has 0 rings (SSSR count). The zero-order valence-corrected chi connectivity index (χ0v) is 6.43. The van der Waals surface area contributed by atoms with Crippen LogP contribution in [0.3, 0.4) is 0 Å². The minimum absolute atomic E-state index is 0. The summed E-state index contributed by atoms with van der Waals surface area (Å²) in [5.74, 6) is -5.02. The number of carboxylic acid groups (broad SMARTS) is 3. The second kappa shape index (κ2) is 5.97. The molecular formula is C6H10NaO7. The third kappa shape index (κ3) is 5.18. The van der Waals surface area contributed by atoms with Crippen molar-refractivity contribution in [3.05, 3.63) is 0 Å². The van der Waals surface area contributed by atoms with Crippen LogP contribution in [0.4, 0.5) is 0 Å². The second-order valence-electron chi connectivity index (χ2n) is 2.48. The minimum atomic E-state index is -2.74. The van der Waals surface area contributed by atoms with E-state index in [9.17, 15) is 14.4 Å². The summed E-state index contributed by atoms with van der Waals surface area (Å²) in [4.78, 5) is 30.5. The molecule has 0 aromatic rings. The molecule has 0 spiro atoms. The van der Waals surface area contributed by atoms with Crippen LogP contribution in [-0.2, 0) is 14.4 Å². The van der Waals surface area contributed by atoms with Crippen LogP contribution in [0, 0.1) is 0 Å². The summed E-state index contributed by atoms with van der Waals surface area (Å²) in [5.41, 5.74) is -2.74. The Hall–Kier alpha value is -0.630. The average molecular weight is 217 g/mol. The molecule has 0 aliphatic heterocycles. The van der Waals surface area contributed by atoms with Crippen LogP contribution in [0.1, 0.15) is 12.8 Å². The third-order valence-electron chi connectivity index (χ3n) is 1.29. The van der Waals surface area contributed by atoms with Crippen molar-refractivity contribution < 1.29 is 34.8 Å². The summed E-state index contributed by atoms with van der Waals surface area (Å²) in [7, 11) is 0. The number of carboxylic acids is 3. The first kappa shape index (κ1) is 15.8. The van der Waals surface area contributed by atoms with Crippen LogP contribution in [0.2, 0.25) is 0 Å². The van der Waals surface area contributed by atoms with Crippen molar-refractivity contribution in [2.24, 2.45) is 0 Å². The molecule has 0 aromatic heterocycles. The maximum absolute atomic E-state index is 10.3. The fraction of sp³-hybridized carbons (Fsp3) is 0.500. The average Bonchev–Trinajstić information content (AvgIpc) is 1.82. The molecule has 0 amide bonds. The van der Waals surface area contributed by atoms with Gasteiger partial charge in [0.2, 0.25) is 0 Å². The van der Waals surface area contributed by atoms with E-state index in [1.54, 1.807) is 0 Å². The van der Waals surface area contributed by atoms with Gasteiger partial charge in [0.05, 0.1) is 12.8 Å². The van der Waals surface area contributed by atoms with Gasteiger partial charge in [0.1, 0.15) is 0 Å². The summed E-state index contributed by atoms with van der Waals surface area (Å²) < 4.78 is 0. The summed E-state index contributed by atoms with van der Waals surface area (Å²) >= 11 is 0. The van der Waals surface area contributed by atoms with Gasteiger partial charge in [-0.15, -0.1) is 0 Å². The zero-order chi connectivity index (χ0) is 10.6. The Bertz CT molecular complexity index is 233. The van der Waals surface area contributed by atoms with Crippen LogP contribution >= 0.6 is 0 Å². The molecule has 0 saturated heterocycles. The molecule has 0 fully saturated rings. The summed E-state index contributed by atoms with van der Waals surface area (Å²) in [6.45, 7) is 0. The third-order valence-corrected chi connectivity index (χ3v) is 1.29. The Labute approximate surface area is 101 Å². The van der Waals surface area contributed by atoms with Gasteiger partial charge in [0, 0.05) is 0 Å². The normalized spacial score (nSPS) is 10.1. The van der Waals surface area contributed by atoms with Gasteiger partial charge in [-0.25, -0.2) is 4.79 Å². The van der Waals surface area contributed by atoms with Crippen molar-refractivity contribution >= 4 is 47.5 Å². The van der Waals surface area contributed by atoms with Crippen LogP contribution in [0.25, 0.3) is 0 Å². The van der Waals surface area contributed by atoms with Crippen LogP contribution < -0.4 is 0 Å². The fourth-order valence-corrected chi connectivity index (χ4v) is 0.714. The molecule has 7 nitrogen and oxygen atoms in total. The van der Waals surface area contributed by atoms with Gasteiger partial charge >= 0.3 is 47.5 Å². The Morgan fingerprint density at radius 2 is 1.21 bits per heavy atom. The van der Waals surface area contributed by atoms with Crippen LogP contribution in [0.5, 0.6) is 0 Å². The van der Waals surface area contributed by atoms with Crippen molar-refractivity contribution in [1.29, 1.82) is 0 Å². The molecule has 0 aliphatic carbocycles. The van der Waals surface area contributed by atoms with Gasteiger partial charge in [-0.1, -0.05) is 0 Å². The monoisotopic (exact) mass is 217 g/mol. The van der Waals surface area contributed by atoms with E-state index >= 15 is 0 Å². The van der Waals surface area contributed by atoms with E-state index in [4.69, 9.17) is 20.4 Å². The van der Waals surface area contributed by atoms with Gasteiger partial charge in [-0.2, -0.15) is 0 Å².